The number of carbonyl (C=O) groups excluding carboxylic acids is 1. The van der Waals surface area contributed by atoms with Crippen LogP contribution in [0.2, 0.25) is 0 Å². The lowest BCUT2D eigenvalue weighted by Crippen LogP contribution is -1.94. The summed E-state index contributed by atoms with van der Waals surface area (Å²) in [7, 11) is 2.99. The molecule has 0 aromatic heterocycles. The molecule has 0 spiro atoms. The number of hydrogen-bond acceptors (Lipinski definition) is 3. The van der Waals surface area contributed by atoms with Gasteiger partial charge in [-0.15, -0.1) is 0 Å². The quantitative estimate of drug-likeness (QED) is 0.558. The van der Waals surface area contributed by atoms with E-state index in [1.807, 2.05) is 24.3 Å². The molecule has 3 nitrogen and oxygen atoms in total. The molecule has 0 aliphatic rings. The van der Waals surface area contributed by atoms with E-state index < -0.39 is 0 Å². The number of hydrogen-bond donors (Lipinski definition) is 0. The number of ether oxygens (including phenoxy) is 2. The number of methoxy groups -OCH3 is 2. The Hall–Kier alpha value is -1.77. The topological polar surface area (TPSA) is 35.5 Å². The SMILES string of the molecule is COC(=O)/C=C/Cc1cccc(OC)c1. The second kappa shape index (κ2) is 5.86. The van der Waals surface area contributed by atoms with Crippen LogP contribution in [0.5, 0.6) is 5.75 Å². The number of allylic oxidation sites excluding steroid dienone is 1. The Labute approximate surface area is 89.3 Å². The molecule has 0 aliphatic carbocycles. The second-order valence-corrected chi connectivity index (χ2v) is 2.98. The molecule has 0 unspecified atom stereocenters. The second-order valence-electron chi connectivity index (χ2n) is 2.98. The van der Waals surface area contributed by atoms with E-state index in [0.29, 0.717) is 6.42 Å². The molecule has 0 bridgehead atoms. The van der Waals surface area contributed by atoms with E-state index in [9.17, 15) is 4.79 Å². The molecule has 0 radical (unpaired) electrons. The van der Waals surface area contributed by atoms with Crippen LogP contribution >= 0.6 is 0 Å². The molecule has 3 heteroatoms. The predicted octanol–water partition coefficient (Wildman–Crippen LogP) is 1.97. The Bertz CT molecular complexity index is 356. The van der Waals surface area contributed by atoms with Crippen LogP contribution in [0.4, 0.5) is 0 Å². The van der Waals surface area contributed by atoms with Gasteiger partial charge in [0.05, 0.1) is 14.2 Å². The van der Waals surface area contributed by atoms with Gasteiger partial charge in [0.2, 0.25) is 0 Å². The van der Waals surface area contributed by atoms with Crippen molar-refractivity contribution in [3.63, 3.8) is 0 Å². The zero-order valence-corrected chi connectivity index (χ0v) is 8.90. The molecule has 80 valence electrons. The normalized spacial score (nSPS) is 10.3. The van der Waals surface area contributed by atoms with Crippen LogP contribution < -0.4 is 4.74 Å². The molecule has 0 aliphatic heterocycles. The fraction of sp³-hybridized carbons (Fsp3) is 0.250. The van der Waals surface area contributed by atoms with Crippen molar-refractivity contribution in [3.8, 4) is 5.75 Å². The minimum Gasteiger partial charge on any atom is -0.497 e. The molecule has 1 rings (SSSR count). The van der Waals surface area contributed by atoms with Crippen LogP contribution in [0.25, 0.3) is 0 Å². The summed E-state index contributed by atoms with van der Waals surface area (Å²) in [5.74, 6) is 0.483. The standard InChI is InChI=1S/C12H14O3/c1-14-11-7-3-5-10(9-11)6-4-8-12(13)15-2/h3-5,7-9H,6H2,1-2H3/b8-4+. The van der Waals surface area contributed by atoms with Crippen molar-refractivity contribution in [2.24, 2.45) is 0 Å². The van der Waals surface area contributed by atoms with Gasteiger partial charge in [-0.1, -0.05) is 18.2 Å². The number of esters is 1. The van der Waals surface area contributed by atoms with Gasteiger partial charge in [-0.3, -0.25) is 0 Å². The monoisotopic (exact) mass is 206 g/mol. The summed E-state index contributed by atoms with van der Waals surface area (Å²) in [5, 5.41) is 0. The van der Waals surface area contributed by atoms with E-state index in [1.165, 1.54) is 13.2 Å². The average Bonchev–Trinajstić information content (AvgIpc) is 2.29. The largest absolute Gasteiger partial charge is 0.497 e. The first-order valence-electron chi connectivity index (χ1n) is 4.63. The summed E-state index contributed by atoms with van der Waals surface area (Å²) in [6.45, 7) is 0. The third-order valence-electron chi connectivity index (χ3n) is 1.94. The van der Waals surface area contributed by atoms with E-state index >= 15 is 0 Å². The molecule has 0 N–H and O–H groups in total. The van der Waals surface area contributed by atoms with Crippen molar-refractivity contribution in [2.45, 2.75) is 6.42 Å². The lowest BCUT2D eigenvalue weighted by molar-refractivity contribution is -0.134. The first-order chi connectivity index (χ1) is 7.26. The van der Waals surface area contributed by atoms with E-state index in [0.717, 1.165) is 11.3 Å². The van der Waals surface area contributed by atoms with Crippen LogP contribution in [-0.4, -0.2) is 20.2 Å². The summed E-state index contributed by atoms with van der Waals surface area (Å²) in [4.78, 5) is 10.8. The smallest absolute Gasteiger partial charge is 0.330 e. The highest BCUT2D eigenvalue weighted by molar-refractivity contribution is 5.81. The molecule has 0 heterocycles. The van der Waals surface area contributed by atoms with Crippen LogP contribution in [0.15, 0.2) is 36.4 Å². The van der Waals surface area contributed by atoms with Crippen molar-refractivity contribution < 1.29 is 14.3 Å². The molecule has 0 saturated heterocycles. The minimum absolute atomic E-state index is 0.335. The maximum absolute atomic E-state index is 10.8. The molecule has 0 saturated carbocycles. The molecule has 1 aromatic carbocycles. The number of benzene rings is 1. The fourth-order valence-electron chi connectivity index (χ4n) is 1.16. The highest BCUT2D eigenvalue weighted by atomic mass is 16.5. The van der Waals surface area contributed by atoms with E-state index in [-0.39, 0.29) is 5.97 Å². The van der Waals surface area contributed by atoms with Gasteiger partial charge in [-0.25, -0.2) is 4.79 Å². The first-order valence-corrected chi connectivity index (χ1v) is 4.63. The third-order valence-corrected chi connectivity index (χ3v) is 1.94. The van der Waals surface area contributed by atoms with Gasteiger partial charge in [0.1, 0.15) is 5.75 Å². The van der Waals surface area contributed by atoms with Gasteiger partial charge in [-0.05, 0) is 24.1 Å². The van der Waals surface area contributed by atoms with Crippen molar-refractivity contribution in [2.75, 3.05) is 14.2 Å². The first kappa shape index (κ1) is 11.3. The number of rotatable bonds is 4. The van der Waals surface area contributed by atoms with Gasteiger partial charge >= 0.3 is 5.97 Å². The third kappa shape index (κ3) is 3.85. The number of carbonyl (C=O) groups is 1. The summed E-state index contributed by atoms with van der Waals surface area (Å²) in [5.41, 5.74) is 1.09. The molecule has 0 fully saturated rings. The van der Waals surface area contributed by atoms with Gasteiger partial charge in [0.25, 0.3) is 0 Å². The zero-order chi connectivity index (χ0) is 11.1. The Morgan fingerprint density at radius 2 is 2.20 bits per heavy atom. The van der Waals surface area contributed by atoms with Crippen LogP contribution in [0.3, 0.4) is 0 Å². The van der Waals surface area contributed by atoms with Crippen LogP contribution in [-0.2, 0) is 16.0 Å². The van der Waals surface area contributed by atoms with Crippen molar-refractivity contribution >= 4 is 5.97 Å². The van der Waals surface area contributed by atoms with Gasteiger partial charge in [0, 0.05) is 6.08 Å². The molecule has 15 heavy (non-hydrogen) atoms. The van der Waals surface area contributed by atoms with E-state index in [1.54, 1.807) is 13.2 Å². The van der Waals surface area contributed by atoms with Crippen molar-refractivity contribution in [1.29, 1.82) is 0 Å². The Kier molecular flexibility index (Phi) is 4.41. The summed E-state index contributed by atoms with van der Waals surface area (Å²) >= 11 is 0. The van der Waals surface area contributed by atoms with Crippen LogP contribution in [0, 0.1) is 0 Å². The maximum atomic E-state index is 10.8. The van der Waals surface area contributed by atoms with Gasteiger partial charge in [0.15, 0.2) is 0 Å². The molecule has 0 atom stereocenters. The molecule has 1 aromatic rings. The Morgan fingerprint density at radius 3 is 2.87 bits per heavy atom. The summed E-state index contributed by atoms with van der Waals surface area (Å²) < 4.78 is 9.57. The fourth-order valence-corrected chi connectivity index (χ4v) is 1.16. The highest BCUT2D eigenvalue weighted by Gasteiger charge is 1.94. The summed E-state index contributed by atoms with van der Waals surface area (Å²) in [6.07, 6.45) is 3.87. The lowest BCUT2D eigenvalue weighted by atomic mass is 10.1. The van der Waals surface area contributed by atoms with Crippen molar-refractivity contribution in [3.05, 3.63) is 42.0 Å². The predicted molar refractivity (Wildman–Crippen MR) is 57.9 cm³/mol. The average molecular weight is 206 g/mol. The maximum Gasteiger partial charge on any atom is 0.330 e. The molecule has 0 amide bonds. The van der Waals surface area contributed by atoms with Gasteiger partial charge < -0.3 is 9.47 Å². The highest BCUT2D eigenvalue weighted by Crippen LogP contribution is 2.12. The van der Waals surface area contributed by atoms with E-state index in [2.05, 4.69) is 4.74 Å². The summed E-state index contributed by atoms with van der Waals surface area (Å²) in [6, 6.07) is 7.71. The van der Waals surface area contributed by atoms with E-state index in [4.69, 9.17) is 4.74 Å². The van der Waals surface area contributed by atoms with Crippen LogP contribution in [0.1, 0.15) is 5.56 Å². The van der Waals surface area contributed by atoms with Crippen molar-refractivity contribution in [1.82, 2.24) is 0 Å². The Balaban J connectivity index is 2.57. The molecular weight excluding hydrogens is 192 g/mol. The zero-order valence-electron chi connectivity index (χ0n) is 8.90. The minimum atomic E-state index is -0.335. The Morgan fingerprint density at radius 1 is 1.40 bits per heavy atom. The molecular formula is C12H14O3. The van der Waals surface area contributed by atoms with Gasteiger partial charge in [-0.2, -0.15) is 0 Å². The lowest BCUT2D eigenvalue weighted by Gasteiger charge is -2.01.